The molecule has 132 valence electrons. The zero-order valence-corrected chi connectivity index (χ0v) is 13.5. The molecule has 3 aromatic heterocycles. The topological polar surface area (TPSA) is 91.8 Å². The lowest BCUT2D eigenvalue weighted by atomic mass is 10.3. The highest BCUT2D eigenvalue weighted by atomic mass is 19.3. The standard InChI is InChI=1S/C16H12F2N6O2/c1-24-8-21-11-4-10(2-3-12(11)24)25-7-13-19-5-9(6-20-13)15-22-23-16(26-15)14(17)18/h2-6,8,14H,7H2,1H3. The van der Waals surface area contributed by atoms with Crippen molar-refractivity contribution in [2.45, 2.75) is 13.0 Å². The number of benzene rings is 1. The highest BCUT2D eigenvalue weighted by Crippen LogP contribution is 2.23. The van der Waals surface area contributed by atoms with Crippen molar-refractivity contribution in [3.63, 3.8) is 0 Å². The molecule has 4 rings (SSSR count). The molecule has 0 bridgehead atoms. The number of rotatable bonds is 5. The molecule has 10 heteroatoms. The summed E-state index contributed by atoms with van der Waals surface area (Å²) in [4.78, 5) is 12.5. The third-order valence-electron chi connectivity index (χ3n) is 3.64. The van der Waals surface area contributed by atoms with Crippen LogP contribution in [0.2, 0.25) is 0 Å². The van der Waals surface area contributed by atoms with Gasteiger partial charge in [-0.2, -0.15) is 8.78 Å². The zero-order valence-electron chi connectivity index (χ0n) is 13.5. The lowest BCUT2D eigenvalue weighted by Crippen LogP contribution is -2.01. The van der Waals surface area contributed by atoms with Crippen LogP contribution in [0.1, 0.15) is 18.1 Å². The Morgan fingerprint density at radius 3 is 2.69 bits per heavy atom. The number of nitrogens with zero attached hydrogens (tertiary/aromatic N) is 6. The highest BCUT2D eigenvalue weighted by Gasteiger charge is 2.17. The van der Waals surface area contributed by atoms with Gasteiger partial charge in [0.1, 0.15) is 12.4 Å². The Labute approximate surface area is 145 Å². The molecule has 0 aliphatic rings. The van der Waals surface area contributed by atoms with Crippen LogP contribution in [0.5, 0.6) is 5.75 Å². The molecular formula is C16H12F2N6O2. The average molecular weight is 358 g/mol. The normalized spacial score (nSPS) is 11.4. The second-order valence-electron chi connectivity index (χ2n) is 5.43. The fourth-order valence-corrected chi connectivity index (χ4v) is 2.33. The van der Waals surface area contributed by atoms with Crippen LogP contribution in [0.15, 0.2) is 41.3 Å². The summed E-state index contributed by atoms with van der Waals surface area (Å²) in [5.41, 5.74) is 2.18. The molecule has 0 fully saturated rings. The average Bonchev–Trinajstić information content (AvgIpc) is 3.28. The molecule has 0 unspecified atom stereocenters. The number of fused-ring (bicyclic) bond motifs is 1. The highest BCUT2D eigenvalue weighted by molar-refractivity contribution is 5.76. The summed E-state index contributed by atoms with van der Waals surface area (Å²) < 4.78 is 37.4. The molecular weight excluding hydrogens is 346 g/mol. The summed E-state index contributed by atoms with van der Waals surface area (Å²) in [6.07, 6.45) is 1.74. The fraction of sp³-hybridized carbons (Fsp3) is 0.188. The van der Waals surface area contributed by atoms with E-state index < -0.39 is 12.3 Å². The molecule has 26 heavy (non-hydrogen) atoms. The van der Waals surface area contributed by atoms with Gasteiger partial charge < -0.3 is 13.7 Å². The van der Waals surface area contributed by atoms with E-state index in [1.54, 1.807) is 6.33 Å². The van der Waals surface area contributed by atoms with Gasteiger partial charge in [0.15, 0.2) is 5.82 Å². The van der Waals surface area contributed by atoms with Gasteiger partial charge in [-0.1, -0.05) is 0 Å². The molecule has 8 nitrogen and oxygen atoms in total. The first-order valence-electron chi connectivity index (χ1n) is 7.57. The molecule has 0 saturated carbocycles. The van der Waals surface area contributed by atoms with E-state index in [0.29, 0.717) is 17.1 Å². The minimum Gasteiger partial charge on any atom is -0.486 e. The summed E-state index contributed by atoms with van der Waals surface area (Å²) in [6.45, 7) is 0.144. The van der Waals surface area contributed by atoms with Gasteiger partial charge in [0.2, 0.25) is 0 Å². The number of halogens is 2. The molecule has 0 amide bonds. The van der Waals surface area contributed by atoms with Crippen molar-refractivity contribution >= 4 is 11.0 Å². The van der Waals surface area contributed by atoms with E-state index in [1.807, 2.05) is 29.8 Å². The summed E-state index contributed by atoms with van der Waals surface area (Å²) in [7, 11) is 1.92. The number of hydrogen-bond acceptors (Lipinski definition) is 7. The SMILES string of the molecule is Cn1cnc2cc(OCc3ncc(-c4nnc(C(F)F)o4)cn3)ccc21. The Morgan fingerprint density at radius 2 is 1.96 bits per heavy atom. The van der Waals surface area contributed by atoms with Crippen LogP contribution in [-0.4, -0.2) is 29.7 Å². The minimum absolute atomic E-state index is 0.0617. The van der Waals surface area contributed by atoms with Gasteiger partial charge >= 0.3 is 6.43 Å². The van der Waals surface area contributed by atoms with E-state index in [4.69, 9.17) is 9.15 Å². The van der Waals surface area contributed by atoms with E-state index in [9.17, 15) is 8.78 Å². The van der Waals surface area contributed by atoms with Crippen molar-refractivity contribution in [2.75, 3.05) is 0 Å². The fourth-order valence-electron chi connectivity index (χ4n) is 2.33. The number of alkyl halides is 2. The number of hydrogen-bond donors (Lipinski definition) is 0. The number of aryl methyl sites for hydroxylation is 1. The van der Waals surface area contributed by atoms with Gasteiger partial charge in [-0.05, 0) is 12.1 Å². The molecule has 0 saturated heterocycles. The maximum Gasteiger partial charge on any atom is 0.314 e. The smallest absolute Gasteiger partial charge is 0.314 e. The predicted molar refractivity (Wildman–Crippen MR) is 85.3 cm³/mol. The molecule has 3 heterocycles. The third-order valence-corrected chi connectivity index (χ3v) is 3.64. The Kier molecular flexibility index (Phi) is 3.99. The molecule has 1 aromatic carbocycles. The van der Waals surface area contributed by atoms with Gasteiger partial charge in [-0.25, -0.2) is 15.0 Å². The largest absolute Gasteiger partial charge is 0.486 e. The van der Waals surface area contributed by atoms with Crippen LogP contribution in [0.4, 0.5) is 8.78 Å². The van der Waals surface area contributed by atoms with E-state index in [2.05, 4.69) is 25.1 Å². The van der Waals surface area contributed by atoms with Gasteiger partial charge in [-0.15, -0.1) is 10.2 Å². The molecule has 0 N–H and O–H groups in total. The van der Waals surface area contributed by atoms with Crippen molar-refractivity contribution in [3.05, 3.63) is 48.6 Å². The summed E-state index contributed by atoms with van der Waals surface area (Å²) in [5.74, 6) is 0.261. The molecule has 0 radical (unpaired) electrons. The van der Waals surface area contributed by atoms with Gasteiger partial charge in [0.05, 0.1) is 22.9 Å². The van der Waals surface area contributed by atoms with Crippen LogP contribution in [0.25, 0.3) is 22.5 Å². The molecule has 0 aliphatic carbocycles. The Bertz CT molecular complexity index is 1040. The van der Waals surface area contributed by atoms with Crippen LogP contribution in [-0.2, 0) is 13.7 Å². The van der Waals surface area contributed by atoms with Gasteiger partial charge in [0, 0.05) is 25.5 Å². The monoisotopic (exact) mass is 358 g/mol. The van der Waals surface area contributed by atoms with Crippen LogP contribution < -0.4 is 4.74 Å². The Balaban J connectivity index is 1.44. The van der Waals surface area contributed by atoms with Crippen molar-refractivity contribution in [1.82, 2.24) is 29.7 Å². The lowest BCUT2D eigenvalue weighted by molar-refractivity contribution is 0.116. The van der Waals surface area contributed by atoms with Crippen molar-refractivity contribution in [2.24, 2.45) is 7.05 Å². The maximum atomic E-state index is 12.5. The Hall–Kier alpha value is -3.43. The van der Waals surface area contributed by atoms with Gasteiger partial charge in [0.25, 0.3) is 11.8 Å². The van der Waals surface area contributed by atoms with Crippen LogP contribution >= 0.6 is 0 Å². The van der Waals surface area contributed by atoms with Gasteiger partial charge in [-0.3, -0.25) is 0 Å². The number of aromatic nitrogens is 6. The van der Waals surface area contributed by atoms with E-state index in [-0.39, 0.29) is 12.5 Å². The van der Waals surface area contributed by atoms with Crippen molar-refractivity contribution in [1.29, 1.82) is 0 Å². The predicted octanol–water partition coefficient (Wildman–Crippen LogP) is 2.93. The zero-order chi connectivity index (χ0) is 18.1. The van der Waals surface area contributed by atoms with E-state index >= 15 is 0 Å². The van der Waals surface area contributed by atoms with Crippen LogP contribution in [0, 0.1) is 0 Å². The molecule has 0 atom stereocenters. The summed E-state index contributed by atoms with van der Waals surface area (Å²) >= 11 is 0. The minimum atomic E-state index is -2.82. The van der Waals surface area contributed by atoms with E-state index in [1.165, 1.54) is 12.4 Å². The summed E-state index contributed by atoms with van der Waals surface area (Å²) in [5, 5.41) is 6.81. The first-order chi connectivity index (χ1) is 12.6. The second kappa shape index (κ2) is 6.47. The quantitative estimate of drug-likeness (QED) is 0.541. The maximum absolute atomic E-state index is 12.5. The molecule has 0 aliphatic heterocycles. The van der Waals surface area contributed by atoms with E-state index in [0.717, 1.165) is 11.0 Å². The first-order valence-corrected chi connectivity index (χ1v) is 7.57. The summed E-state index contributed by atoms with van der Waals surface area (Å²) in [6, 6.07) is 5.58. The Morgan fingerprint density at radius 1 is 1.15 bits per heavy atom. The van der Waals surface area contributed by atoms with Crippen LogP contribution in [0.3, 0.4) is 0 Å². The third kappa shape index (κ3) is 3.08. The molecule has 0 spiro atoms. The first kappa shape index (κ1) is 16.1. The number of imidazole rings is 1. The lowest BCUT2D eigenvalue weighted by Gasteiger charge is -2.05. The molecule has 4 aromatic rings. The number of ether oxygens (including phenoxy) is 1. The second-order valence-corrected chi connectivity index (χ2v) is 5.43. The van der Waals surface area contributed by atoms with Crippen molar-refractivity contribution in [3.8, 4) is 17.2 Å². The van der Waals surface area contributed by atoms with Crippen molar-refractivity contribution < 1.29 is 17.9 Å².